The number of benzene rings is 2. The lowest BCUT2D eigenvalue weighted by atomic mass is 10.1. The molecule has 1 N–H and O–H groups in total. The number of amides is 1. The molecule has 1 aromatic heterocycles. The maximum atomic E-state index is 12.5. The summed E-state index contributed by atoms with van der Waals surface area (Å²) in [5.74, 6) is -1.12. The van der Waals surface area contributed by atoms with E-state index in [0.717, 1.165) is 5.56 Å². The third-order valence-corrected chi connectivity index (χ3v) is 4.08. The van der Waals surface area contributed by atoms with Crippen LogP contribution in [-0.2, 0) is 4.74 Å². The van der Waals surface area contributed by atoms with Crippen LogP contribution in [0, 0.1) is 6.92 Å². The molecule has 0 aliphatic heterocycles. The number of halogens is 1. The number of ether oxygens (including phenoxy) is 1. The molecule has 3 rings (SSSR count). The van der Waals surface area contributed by atoms with E-state index in [1.165, 1.54) is 0 Å². The smallest absolute Gasteiger partial charge is 0.346 e. The molecule has 0 aliphatic rings. The molecular weight excluding hydrogens is 368 g/mol. The van der Waals surface area contributed by atoms with Crippen molar-refractivity contribution >= 4 is 29.4 Å². The second-order valence-electron chi connectivity index (χ2n) is 5.78. The van der Waals surface area contributed by atoms with Gasteiger partial charge in [-0.2, -0.15) is 0 Å². The number of hydrogen-bond donors (Lipinski definition) is 1. The first-order valence-electron chi connectivity index (χ1n) is 8.30. The van der Waals surface area contributed by atoms with Crippen molar-refractivity contribution in [2.24, 2.45) is 0 Å². The molecule has 7 heteroatoms. The normalized spacial score (nSPS) is 10.5. The topological polar surface area (TPSA) is 81.4 Å². The molecule has 0 bridgehead atoms. The largest absolute Gasteiger partial charge is 0.462 e. The first-order chi connectivity index (χ1) is 13.0. The fraction of sp³-hybridized carbons (Fsp3) is 0.150. The van der Waals surface area contributed by atoms with Crippen molar-refractivity contribution in [3.63, 3.8) is 0 Å². The van der Waals surface area contributed by atoms with Crippen LogP contribution in [0.15, 0.2) is 53.1 Å². The van der Waals surface area contributed by atoms with Gasteiger partial charge in [0.05, 0.1) is 6.61 Å². The molecule has 27 heavy (non-hydrogen) atoms. The molecule has 0 saturated heterocycles. The van der Waals surface area contributed by atoms with Crippen LogP contribution >= 0.6 is 11.6 Å². The van der Waals surface area contributed by atoms with Crippen LogP contribution in [0.1, 0.15) is 33.2 Å². The Balaban J connectivity index is 1.97. The van der Waals surface area contributed by atoms with Gasteiger partial charge in [0.25, 0.3) is 5.91 Å². The molecule has 138 valence electrons. The van der Waals surface area contributed by atoms with Crippen molar-refractivity contribution in [1.29, 1.82) is 0 Å². The van der Waals surface area contributed by atoms with E-state index < -0.39 is 11.9 Å². The summed E-state index contributed by atoms with van der Waals surface area (Å²) >= 11 is 5.91. The van der Waals surface area contributed by atoms with Gasteiger partial charge in [-0.25, -0.2) is 4.79 Å². The monoisotopic (exact) mass is 384 g/mol. The summed E-state index contributed by atoms with van der Waals surface area (Å²) in [7, 11) is 0. The van der Waals surface area contributed by atoms with Crippen molar-refractivity contribution in [3.8, 4) is 11.3 Å². The first-order valence-corrected chi connectivity index (χ1v) is 8.68. The zero-order valence-electron chi connectivity index (χ0n) is 14.8. The number of aromatic nitrogens is 1. The van der Waals surface area contributed by atoms with Gasteiger partial charge in [0.1, 0.15) is 5.69 Å². The highest BCUT2D eigenvalue weighted by atomic mass is 35.5. The number of esters is 1. The Bertz CT molecular complexity index is 963. The second-order valence-corrected chi connectivity index (χ2v) is 6.22. The molecule has 0 spiro atoms. The number of carbonyl (C=O) groups excluding carboxylic acids is 2. The van der Waals surface area contributed by atoms with E-state index in [9.17, 15) is 9.59 Å². The van der Waals surface area contributed by atoms with E-state index in [4.69, 9.17) is 20.9 Å². The van der Waals surface area contributed by atoms with Crippen LogP contribution in [0.3, 0.4) is 0 Å². The molecule has 0 atom stereocenters. The van der Waals surface area contributed by atoms with E-state index in [1.807, 2.05) is 19.1 Å². The fourth-order valence-electron chi connectivity index (χ4n) is 2.45. The van der Waals surface area contributed by atoms with E-state index in [1.54, 1.807) is 43.3 Å². The highest BCUT2D eigenvalue weighted by Crippen LogP contribution is 2.30. The average molecular weight is 385 g/mol. The fourth-order valence-corrected chi connectivity index (χ4v) is 2.58. The minimum atomic E-state index is -0.636. The van der Waals surface area contributed by atoms with Gasteiger partial charge in [-0.15, -0.1) is 0 Å². The summed E-state index contributed by atoms with van der Waals surface area (Å²) in [5.41, 5.74) is 2.40. The molecule has 6 nitrogen and oxygen atoms in total. The lowest BCUT2D eigenvalue weighted by Crippen LogP contribution is -2.15. The van der Waals surface area contributed by atoms with E-state index in [-0.39, 0.29) is 23.7 Å². The standard InChI is InChI=1S/C20H17ClN2O4/c1-3-26-20(25)16-17(13-8-10-15(21)11-9-13)23-27-19(16)22-18(24)14-6-4-12(2)5-7-14/h4-11H,3H2,1-2H3,(H,22,24). The van der Waals surface area contributed by atoms with Gasteiger partial charge in [-0.3, -0.25) is 10.1 Å². The second kappa shape index (κ2) is 8.05. The van der Waals surface area contributed by atoms with Gasteiger partial charge in [-0.05, 0) is 38.1 Å². The van der Waals surface area contributed by atoms with Crippen LogP contribution in [0.4, 0.5) is 5.88 Å². The summed E-state index contributed by atoms with van der Waals surface area (Å²) in [6, 6.07) is 13.8. The SMILES string of the molecule is CCOC(=O)c1c(-c2ccc(Cl)cc2)noc1NC(=O)c1ccc(C)cc1. The highest BCUT2D eigenvalue weighted by Gasteiger charge is 2.27. The molecule has 1 amide bonds. The zero-order chi connectivity index (χ0) is 19.4. The van der Waals surface area contributed by atoms with Crippen LogP contribution < -0.4 is 5.32 Å². The molecule has 0 saturated carbocycles. The Labute approximate surface area is 161 Å². The molecule has 0 fully saturated rings. The maximum absolute atomic E-state index is 12.5. The van der Waals surface area contributed by atoms with Gasteiger partial charge in [0, 0.05) is 16.1 Å². The summed E-state index contributed by atoms with van der Waals surface area (Å²) < 4.78 is 10.3. The van der Waals surface area contributed by atoms with Gasteiger partial charge in [0.2, 0.25) is 5.88 Å². The van der Waals surface area contributed by atoms with Gasteiger partial charge in [0.15, 0.2) is 5.56 Å². The minimum Gasteiger partial charge on any atom is -0.462 e. The Kier molecular flexibility index (Phi) is 5.57. The molecule has 1 heterocycles. The Morgan fingerprint density at radius 2 is 1.78 bits per heavy atom. The minimum absolute atomic E-state index is 0.0552. The quantitative estimate of drug-likeness (QED) is 0.643. The van der Waals surface area contributed by atoms with Crippen molar-refractivity contribution in [2.45, 2.75) is 13.8 Å². The van der Waals surface area contributed by atoms with E-state index >= 15 is 0 Å². The predicted molar refractivity (Wildman–Crippen MR) is 102 cm³/mol. The number of nitrogens with one attached hydrogen (secondary N) is 1. The first kappa shape index (κ1) is 18.7. The molecular formula is C20H17ClN2O4. The number of anilines is 1. The van der Waals surface area contributed by atoms with Crippen molar-refractivity contribution in [1.82, 2.24) is 5.16 Å². The number of rotatable bonds is 5. The molecule has 0 unspecified atom stereocenters. The number of nitrogens with zero attached hydrogens (tertiary/aromatic N) is 1. The Morgan fingerprint density at radius 3 is 2.41 bits per heavy atom. The van der Waals surface area contributed by atoms with Crippen molar-refractivity contribution in [3.05, 3.63) is 70.2 Å². The molecule has 0 radical (unpaired) electrons. The lowest BCUT2D eigenvalue weighted by Gasteiger charge is -2.06. The highest BCUT2D eigenvalue weighted by molar-refractivity contribution is 6.30. The third-order valence-electron chi connectivity index (χ3n) is 3.83. The summed E-state index contributed by atoms with van der Waals surface area (Å²) in [6.45, 7) is 3.79. The van der Waals surface area contributed by atoms with Crippen molar-refractivity contribution in [2.75, 3.05) is 11.9 Å². The molecule has 3 aromatic rings. The van der Waals surface area contributed by atoms with Crippen LogP contribution in [0.25, 0.3) is 11.3 Å². The van der Waals surface area contributed by atoms with E-state index in [2.05, 4.69) is 10.5 Å². The maximum Gasteiger partial charge on any atom is 0.346 e. The van der Waals surface area contributed by atoms with E-state index in [0.29, 0.717) is 16.1 Å². The zero-order valence-corrected chi connectivity index (χ0v) is 15.5. The average Bonchev–Trinajstić information content (AvgIpc) is 3.06. The van der Waals surface area contributed by atoms with Crippen molar-refractivity contribution < 1.29 is 18.8 Å². The van der Waals surface area contributed by atoms with Crippen LogP contribution in [0.2, 0.25) is 5.02 Å². The molecule has 0 aliphatic carbocycles. The third kappa shape index (κ3) is 4.17. The van der Waals surface area contributed by atoms with Gasteiger partial charge < -0.3 is 9.26 Å². The molecule has 2 aromatic carbocycles. The van der Waals surface area contributed by atoms with Crippen LogP contribution in [-0.4, -0.2) is 23.6 Å². The predicted octanol–water partition coefficient (Wildman–Crippen LogP) is 4.73. The van der Waals surface area contributed by atoms with Gasteiger partial charge >= 0.3 is 5.97 Å². The Morgan fingerprint density at radius 1 is 1.11 bits per heavy atom. The number of hydrogen-bond acceptors (Lipinski definition) is 5. The Hall–Kier alpha value is -3.12. The number of aryl methyl sites for hydroxylation is 1. The lowest BCUT2D eigenvalue weighted by molar-refractivity contribution is 0.0528. The summed E-state index contributed by atoms with van der Waals surface area (Å²) in [5, 5.41) is 7.09. The summed E-state index contributed by atoms with van der Waals surface area (Å²) in [4.78, 5) is 24.9. The van der Waals surface area contributed by atoms with Crippen LogP contribution in [0.5, 0.6) is 0 Å². The van der Waals surface area contributed by atoms with Gasteiger partial charge in [-0.1, -0.05) is 46.6 Å². The number of carbonyl (C=O) groups is 2. The summed E-state index contributed by atoms with van der Waals surface area (Å²) in [6.07, 6.45) is 0.